The number of nitrogens with zero attached hydrogens (tertiary/aromatic N) is 1. The first-order valence-corrected chi connectivity index (χ1v) is 6.28. The van der Waals surface area contributed by atoms with E-state index in [4.69, 9.17) is 5.11 Å². The fourth-order valence-electron chi connectivity index (χ4n) is 1.69. The van der Waals surface area contributed by atoms with E-state index in [1.807, 2.05) is 0 Å². The molecule has 0 saturated carbocycles. The Morgan fingerprint density at radius 2 is 1.87 bits per heavy atom. The molecule has 1 fully saturated rings. The number of amides is 1. The van der Waals surface area contributed by atoms with E-state index in [-0.39, 0.29) is 24.3 Å². The number of hydrogen-bond acceptors (Lipinski definition) is 4. The summed E-state index contributed by atoms with van der Waals surface area (Å²) in [6.07, 6.45) is 0.339. The summed E-state index contributed by atoms with van der Waals surface area (Å²) in [5, 5.41) is 9.07. The standard InChI is InChI=1S/C8H13NO5S/c1-9(6-10)8(7(11)12)2-4-15(13,14)5-3-8/h6H,2-5H2,1H3,(H,11,12). The van der Waals surface area contributed by atoms with Crippen LogP contribution in [0.15, 0.2) is 0 Å². The van der Waals surface area contributed by atoms with E-state index in [2.05, 4.69) is 0 Å². The summed E-state index contributed by atoms with van der Waals surface area (Å²) < 4.78 is 22.3. The Bertz CT molecular complexity index is 360. The van der Waals surface area contributed by atoms with E-state index >= 15 is 0 Å². The van der Waals surface area contributed by atoms with Crippen molar-refractivity contribution in [3.05, 3.63) is 0 Å². The minimum atomic E-state index is -3.13. The highest BCUT2D eigenvalue weighted by Crippen LogP contribution is 2.28. The van der Waals surface area contributed by atoms with Gasteiger partial charge in [0, 0.05) is 7.05 Å². The number of carboxylic acids is 1. The van der Waals surface area contributed by atoms with Gasteiger partial charge in [-0.1, -0.05) is 0 Å². The first-order chi connectivity index (χ1) is 6.84. The molecule has 1 heterocycles. The number of rotatable bonds is 3. The minimum absolute atomic E-state index is 0.0418. The van der Waals surface area contributed by atoms with Crippen molar-refractivity contribution < 1.29 is 23.1 Å². The molecule has 0 spiro atoms. The molecule has 1 aliphatic rings. The maximum absolute atomic E-state index is 11.2. The Labute approximate surface area is 87.8 Å². The predicted octanol–water partition coefficient (Wildman–Crippen LogP) is -0.893. The zero-order valence-electron chi connectivity index (χ0n) is 8.34. The van der Waals surface area contributed by atoms with Gasteiger partial charge in [0.25, 0.3) is 0 Å². The molecule has 0 atom stereocenters. The average molecular weight is 235 g/mol. The smallest absolute Gasteiger partial charge is 0.329 e. The van der Waals surface area contributed by atoms with Gasteiger partial charge in [0.05, 0.1) is 11.5 Å². The lowest BCUT2D eigenvalue weighted by atomic mass is 9.91. The molecular weight excluding hydrogens is 222 g/mol. The number of hydrogen-bond donors (Lipinski definition) is 1. The molecule has 1 rings (SSSR count). The molecule has 0 bridgehead atoms. The number of aliphatic carboxylic acids is 1. The molecule has 1 amide bonds. The molecule has 0 radical (unpaired) electrons. The van der Waals surface area contributed by atoms with Crippen molar-refractivity contribution in [2.24, 2.45) is 0 Å². The highest BCUT2D eigenvalue weighted by molar-refractivity contribution is 7.91. The molecule has 1 aliphatic heterocycles. The lowest BCUT2D eigenvalue weighted by Gasteiger charge is -2.38. The van der Waals surface area contributed by atoms with Gasteiger partial charge < -0.3 is 10.0 Å². The van der Waals surface area contributed by atoms with E-state index in [1.54, 1.807) is 0 Å². The summed E-state index contributed by atoms with van der Waals surface area (Å²) >= 11 is 0. The monoisotopic (exact) mass is 235 g/mol. The molecule has 0 aromatic heterocycles. The van der Waals surface area contributed by atoms with Crippen molar-refractivity contribution in [1.82, 2.24) is 4.90 Å². The third kappa shape index (κ3) is 2.11. The molecule has 1 N–H and O–H groups in total. The van der Waals surface area contributed by atoms with E-state index in [9.17, 15) is 18.0 Å². The molecule has 0 unspecified atom stereocenters. The van der Waals surface area contributed by atoms with Gasteiger partial charge in [-0.15, -0.1) is 0 Å². The van der Waals surface area contributed by atoms with Gasteiger partial charge in [-0.3, -0.25) is 4.79 Å². The van der Waals surface area contributed by atoms with E-state index in [1.165, 1.54) is 7.05 Å². The van der Waals surface area contributed by atoms with Crippen LogP contribution in [0.2, 0.25) is 0 Å². The number of carboxylic acid groups (broad SMARTS) is 1. The van der Waals surface area contributed by atoms with Crippen LogP contribution in [0.4, 0.5) is 0 Å². The first-order valence-electron chi connectivity index (χ1n) is 4.46. The van der Waals surface area contributed by atoms with Crippen molar-refractivity contribution in [1.29, 1.82) is 0 Å². The topological polar surface area (TPSA) is 91.8 Å². The summed E-state index contributed by atoms with van der Waals surface area (Å²) in [6, 6.07) is 0. The van der Waals surface area contributed by atoms with E-state index < -0.39 is 21.3 Å². The fourth-order valence-corrected chi connectivity index (χ4v) is 3.20. The normalized spacial score (nSPS) is 23.0. The highest BCUT2D eigenvalue weighted by atomic mass is 32.2. The lowest BCUT2D eigenvalue weighted by molar-refractivity contribution is -0.154. The van der Waals surface area contributed by atoms with Crippen LogP contribution in [0.5, 0.6) is 0 Å². The molecule has 15 heavy (non-hydrogen) atoms. The number of carbonyl (C=O) groups excluding carboxylic acids is 1. The second-order valence-corrected chi connectivity index (χ2v) is 6.01. The summed E-state index contributed by atoms with van der Waals surface area (Å²) in [5.74, 6) is -1.51. The van der Waals surface area contributed by atoms with Crippen molar-refractivity contribution >= 4 is 22.2 Å². The summed E-state index contributed by atoms with van der Waals surface area (Å²) in [6.45, 7) is 0. The lowest BCUT2D eigenvalue weighted by Crippen LogP contribution is -2.56. The summed E-state index contributed by atoms with van der Waals surface area (Å²) in [5.41, 5.74) is -1.35. The summed E-state index contributed by atoms with van der Waals surface area (Å²) in [7, 11) is -1.77. The largest absolute Gasteiger partial charge is 0.479 e. The van der Waals surface area contributed by atoms with Crippen LogP contribution in [0.3, 0.4) is 0 Å². The van der Waals surface area contributed by atoms with Crippen LogP contribution in [-0.4, -0.2) is 54.9 Å². The molecule has 1 saturated heterocycles. The molecule has 0 aliphatic carbocycles. The van der Waals surface area contributed by atoms with Crippen LogP contribution in [0.1, 0.15) is 12.8 Å². The third-order valence-electron chi connectivity index (χ3n) is 2.88. The second-order valence-electron chi connectivity index (χ2n) is 3.70. The zero-order chi connectivity index (χ0) is 11.7. The van der Waals surface area contributed by atoms with Gasteiger partial charge in [0.1, 0.15) is 5.54 Å². The molecule has 7 heteroatoms. The first kappa shape index (κ1) is 12.0. The Kier molecular flexibility index (Phi) is 3.03. The molecule has 86 valence electrons. The second kappa shape index (κ2) is 3.80. The molecule has 0 aromatic rings. The number of likely N-dealkylation sites (N-methyl/N-ethyl adjacent to an activating group) is 1. The minimum Gasteiger partial charge on any atom is -0.479 e. The van der Waals surface area contributed by atoms with Crippen LogP contribution in [0, 0.1) is 0 Å². The Morgan fingerprint density at radius 3 is 2.20 bits per heavy atom. The van der Waals surface area contributed by atoms with Gasteiger partial charge in [0.2, 0.25) is 6.41 Å². The molecular formula is C8H13NO5S. The van der Waals surface area contributed by atoms with Crippen molar-refractivity contribution in [2.75, 3.05) is 18.6 Å². The molecule has 0 aromatic carbocycles. The van der Waals surface area contributed by atoms with Crippen molar-refractivity contribution in [3.8, 4) is 0 Å². The van der Waals surface area contributed by atoms with Crippen LogP contribution >= 0.6 is 0 Å². The Hall–Kier alpha value is -1.11. The predicted molar refractivity (Wildman–Crippen MR) is 52.1 cm³/mol. The van der Waals surface area contributed by atoms with Crippen LogP contribution in [-0.2, 0) is 19.4 Å². The van der Waals surface area contributed by atoms with Crippen molar-refractivity contribution in [2.45, 2.75) is 18.4 Å². The summed E-state index contributed by atoms with van der Waals surface area (Å²) in [4.78, 5) is 22.7. The fraction of sp³-hybridized carbons (Fsp3) is 0.750. The van der Waals surface area contributed by atoms with Gasteiger partial charge in [-0.25, -0.2) is 13.2 Å². The third-order valence-corrected chi connectivity index (χ3v) is 4.54. The van der Waals surface area contributed by atoms with Gasteiger partial charge in [-0.05, 0) is 12.8 Å². The number of carbonyl (C=O) groups is 2. The highest BCUT2D eigenvalue weighted by Gasteiger charge is 2.46. The maximum Gasteiger partial charge on any atom is 0.329 e. The van der Waals surface area contributed by atoms with Gasteiger partial charge >= 0.3 is 5.97 Å². The maximum atomic E-state index is 11.2. The van der Waals surface area contributed by atoms with Crippen molar-refractivity contribution in [3.63, 3.8) is 0 Å². The Balaban J connectivity index is 2.97. The van der Waals surface area contributed by atoms with E-state index in [0.29, 0.717) is 6.41 Å². The van der Waals surface area contributed by atoms with Gasteiger partial charge in [-0.2, -0.15) is 0 Å². The van der Waals surface area contributed by atoms with Crippen LogP contribution < -0.4 is 0 Å². The van der Waals surface area contributed by atoms with Gasteiger partial charge in [0.15, 0.2) is 9.84 Å². The van der Waals surface area contributed by atoms with Crippen LogP contribution in [0.25, 0.3) is 0 Å². The Morgan fingerprint density at radius 1 is 1.40 bits per heavy atom. The average Bonchev–Trinajstić information content (AvgIpc) is 2.17. The zero-order valence-corrected chi connectivity index (χ0v) is 9.16. The molecule has 6 nitrogen and oxygen atoms in total. The van der Waals surface area contributed by atoms with E-state index in [0.717, 1.165) is 4.90 Å². The SMILES string of the molecule is CN(C=O)C1(C(=O)O)CCS(=O)(=O)CC1. The number of sulfone groups is 1. The quantitative estimate of drug-likeness (QED) is 0.640.